The summed E-state index contributed by atoms with van der Waals surface area (Å²) in [5.41, 5.74) is 6.53. The summed E-state index contributed by atoms with van der Waals surface area (Å²) in [5.74, 6) is 1.00. The molecule has 0 aliphatic carbocycles. The minimum Gasteiger partial charge on any atom is -0.487 e. The molecule has 3 aromatic rings. The lowest BCUT2D eigenvalue weighted by atomic mass is 10.1. The van der Waals surface area contributed by atoms with E-state index in [1.807, 2.05) is 24.3 Å². The average molecular weight is 460 g/mol. The molecule has 0 spiro atoms. The molecule has 0 saturated carbocycles. The number of ether oxygens (including phenoxy) is 2. The van der Waals surface area contributed by atoms with Gasteiger partial charge in [-0.05, 0) is 60.7 Å². The molecule has 0 bridgehead atoms. The van der Waals surface area contributed by atoms with E-state index in [-0.39, 0.29) is 6.61 Å². The second kappa shape index (κ2) is 11.2. The van der Waals surface area contributed by atoms with E-state index in [4.69, 9.17) is 19.6 Å². The average Bonchev–Trinajstić information content (AvgIpc) is 3.24. The number of halogens is 3. The van der Waals surface area contributed by atoms with Gasteiger partial charge >= 0.3 is 12.3 Å². The van der Waals surface area contributed by atoms with Crippen LogP contribution >= 0.6 is 0 Å². The number of carbonyl (C=O) groups is 1. The van der Waals surface area contributed by atoms with Crippen LogP contribution in [0.2, 0.25) is 0 Å². The maximum absolute atomic E-state index is 12.6. The molecule has 6 nitrogen and oxygen atoms in total. The van der Waals surface area contributed by atoms with Crippen molar-refractivity contribution in [3.05, 3.63) is 83.1 Å². The van der Waals surface area contributed by atoms with Crippen molar-refractivity contribution < 1.29 is 31.9 Å². The number of oxazole rings is 1. The summed E-state index contributed by atoms with van der Waals surface area (Å²) in [6.07, 6.45) is 2.01. The van der Waals surface area contributed by atoms with Gasteiger partial charge in [-0.1, -0.05) is 24.3 Å². The van der Waals surface area contributed by atoms with Crippen molar-refractivity contribution in [2.24, 2.45) is 5.73 Å². The summed E-state index contributed by atoms with van der Waals surface area (Å²) in [7, 11) is 0. The summed E-state index contributed by atoms with van der Waals surface area (Å²) in [6, 6.07) is 12.5. The highest BCUT2D eigenvalue weighted by molar-refractivity contribution is 5.66. The summed E-state index contributed by atoms with van der Waals surface area (Å²) < 4.78 is 53.6. The molecule has 1 heterocycles. The van der Waals surface area contributed by atoms with Gasteiger partial charge in [0.15, 0.2) is 0 Å². The molecule has 0 fully saturated rings. The molecule has 2 aromatic carbocycles. The summed E-state index contributed by atoms with van der Waals surface area (Å²) in [4.78, 5) is 14.8. The topological polar surface area (TPSA) is 87.6 Å². The number of primary amides is 1. The van der Waals surface area contributed by atoms with E-state index in [9.17, 15) is 18.0 Å². The van der Waals surface area contributed by atoms with Gasteiger partial charge in [0.05, 0.1) is 12.2 Å². The zero-order valence-corrected chi connectivity index (χ0v) is 17.7. The Bertz CT molecular complexity index is 1060. The molecule has 0 aliphatic rings. The quantitative estimate of drug-likeness (QED) is 0.383. The fraction of sp³-hybridized carbons (Fsp3) is 0.250. The zero-order valence-electron chi connectivity index (χ0n) is 17.7. The smallest absolute Gasteiger partial charge is 0.416 e. The lowest BCUT2D eigenvalue weighted by molar-refractivity contribution is -0.137. The molecule has 0 radical (unpaired) electrons. The molecule has 2 N–H and O–H groups in total. The van der Waals surface area contributed by atoms with E-state index in [0.717, 1.165) is 37.0 Å². The van der Waals surface area contributed by atoms with Crippen molar-refractivity contribution in [1.82, 2.24) is 4.98 Å². The Labute approximate surface area is 188 Å². The molecule has 0 atom stereocenters. The Morgan fingerprint density at radius 1 is 1.03 bits per heavy atom. The SMILES string of the molecule is NC(=O)OCCCCc1ccc(OCc2coc(/C=C/c3ccc(C(F)(F)F)cc3)n2)cc1. The van der Waals surface area contributed by atoms with Crippen molar-refractivity contribution in [2.45, 2.75) is 32.0 Å². The van der Waals surface area contributed by atoms with Crippen molar-refractivity contribution in [3.63, 3.8) is 0 Å². The third-order valence-electron chi connectivity index (χ3n) is 4.64. The largest absolute Gasteiger partial charge is 0.487 e. The molecular weight excluding hydrogens is 437 g/mol. The van der Waals surface area contributed by atoms with E-state index < -0.39 is 17.8 Å². The predicted octanol–water partition coefficient (Wildman–Crippen LogP) is 5.86. The van der Waals surface area contributed by atoms with Gasteiger partial charge in [0, 0.05) is 6.08 Å². The van der Waals surface area contributed by atoms with Gasteiger partial charge < -0.3 is 19.6 Å². The van der Waals surface area contributed by atoms with Crippen molar-refractivity contribution in [3.8, 4) is 5.75 Å². The number of rotatable bonds is 10. The van der Waals surface area contributed by atoms with E-state index in [1.54, 1.807) is 12.2 Å². The van der Waals surface area contributed by atoms with E-state index in [0.29, 0.717) is 29.5 Å². The number of amides is 1. The number of hydrogen-bond acceptors (Lipinski definition) is 5. The van der Waals surface area contributed by atoms with Gasteiger partial charge in [-0.2, -0.15) is 13.2 Å². The van der Waals surface area contributed by atoms with Crippen molar-refractivity contribution >= 4 is 18.2 Å². The van der Waals surface area contributed by atoms with Crippen LogP contribution in [-0.2, 0) is 23.9 Å². The molecule has 0 aliphatic heterocycles. The maximum atomic E-state index is 12.6. The number of benzene rings is 2. The third-order valence-corrected chi connectivity index (χ3v) is 4.64. The molecule has 0 saturated heterocycles. The van der Waals surface area contributed by atoms with Crippen LogP contribution in [0.25, 0.3) is 12.2 Å². The maximum Gasteiger partial charge on any atom is 0.416 e. The fourth-order valence-electron chi connectivity index (χ4n) is 2.93. The Hall–Kier alpha value is -3.75. The molecule has 174 valence electrons. The van der Waals surface area contributed by atoms with Crippen LogP contribution in [0.5, 0.6) is 5.75 Å². The number of hydrogen-bond donors (Lipinski definition) is 1. The first-order valence-corrected chi connectivity index (χ1v) is 10.2. The number of carbonyl (C=O) groups excluding carboxylic acids is 1. The minimum atomic E-state index is -4.36. The molecule has 33 heavy (non-hydrogen) atoms. The highest BCUT2D eigenvalue weighted by Gasteiger charge is 2.29. The van der Waals surface area contributed by atoms with Crippen LogP contribution in [0.15, 0.2) is 59.2 Å². The number of unbranched alkanes of at least 4 members (excludes halogenated alkanes) is 1. The minimum absolute atomic E-state index is 0.210. The van der Waals surface area contributed by atoms with Crippen LogP contribution in [-0.4, -0.2) is 17.7 Å². The fourth-order valence-corrected chi connectivity index (χ4v) is 2.93. The standard InChI is InChI=1S/C24H23F3N2O4/c25-24(26,27)19-9-4-18(5-10-19)8-13-22-29-20(16-33-22)15-32-21-11-6-17(7-12-21)3-1-2-14-31-23(28)30/h4-13,16H,1-3,14-15H2,(H2,28,30)/b13-8+. The summed E-state index contributed by atoms with van der Waals surface area (Å²) in [5, 5.41) is 0. The van der Waals surface area contributed by atoms with Crippen LogP contribution in [0.1, 0.15) is 41.1 Å². The highest BCUT2D eigenvalue weighted by Crippen LogP contribution is 2.29. The molecule has 0 unspecified atom stereocenters. The second-order valence-corrected chi connectivity index (χ2v) is 7.19. The summed E-state index contributed by atoms with van der Waals surface area (Å²) in [6.45, 7) is 0.525. The van der Waals surface area contributed by atoms with Gasteiger partial charge in [-0.3, -0.25) is 0 Å². The highest BCUT2D eigenvalue weighted by atomic mass is 19.4. The van der Waals surface area contributed by atoms with Gasteiger partial charge in [-0.15, -0.1) is 0 Å². The Morgan fingerprint density at radius 3 is 2.42 bits per heavy atom. The number of alkyl halides is 3. The number of nitrogens with zero attached hydrogens (tertiary/aromatic N) is 1. The van der Waals surface area contributed by atoms with Gasteiger partial charge in [0.1, 0.15) is 24.3 Å². The van der Waals surface area contributed by atoms with Crippen LogP contribution < -0.4 is 10.5 Å². The predicted molar refractivity (Wildman–Crippen MR) is 116 cm³/mol. The first-order chi connectivity index (χ1) is 15.8. The normalized spacial score (nSPS) is 11.6. The third kappa shape index (κ3) is 8.03. The number of nitrogens with two attached hydrogens (primary N) is 1. The van der Waals surface area contributed by atoms with Gasteiger partial charge in [0.2, 0.25) is 5.89 Å². The molecular formula is C24H23F3N2O4. The Morgan fingerprint density at radius 2 is 1.76 bits per heavy atom. The van der Waals surface area contributed by atoms with Crippen LogP contribution in [0.4, 0.5) is 18.0 Å². The number of aromatic nitrogens is 1. The lowest BCUT2D eigenvalue weighted by Gasteiger charge is -2.06. The first-order valence-electron chi connectivity index (χ1n) is 10.2. The Kier molecular flexibility index (Phi) is 8.12. The Balaban J connectivity index is 1.44. The van der Waals surface area contributed by atoms with Crippen molar-refractivity contribution in [2.75, 3.05) is 6.61 Å². The molecule has 1 amide bonds. The van der Waals surface area contributed by atoms with E-state index in [1.165, 1.54) is 18.4 Å². The van der Waals surface area contributed by atoms with E-state index in [2.05, 4.69) is 4.98 Å². The number of aryl methyl sites for hydroxylation is 1. The second-order valence-electron chi connectivity index (χ2n) is 7.19. The van der Waals surface area contributed by atoms with Gasteiger partial charge in [0.25, 0.3) is 0 Å². The molecule has 3 rings (SSSR count). The first kappa shape index (κ1) is 23.9. The van der Waals surface area contributed by atoms with Crippen molar-refractivity contribution in [1.29, 1.82) is 0 Å². The zero-order chi connectivity index (χ0) is 23.7. The van der Waals surface area contributed by atoms with E-state index >= 15 is 0 Å². The van der Waals surface area contributed by atoms with Crippen LogP contribution in [0, 0.1) is 0 Å². The molecule has 9 heteroatoms. The lowest BCUT2D eigenvalue weighted by Crippen LogP contribution is -2.13. The monoisotopic (exact) mass is 460 g/mol. The molecule has 1 aromatic heterocycles. The summed E-state index contributed by atoms with van der Waals surface area (Å²) >= 11 is 0. The van der Waals surface area contributed by atoms with Gasteiger partial charge in [-0.25, -0.2) is 9.78 Å². The van der Waals surface area contributed by atoms with Crippen LogP contribution in [0.3, 0.4) is 0 Å².